The Morgan fingerprint density at radius 3 is 2.76 bits per heavy atom. The monoisotopic (exact) mass is 348 g/mol. The molecule has 0 amide bonds. The lowest BCUT2D eigenvalue weighted by molar-refractivity contribution is 0.152. The van der Waals surface area contributed by atoms with Gasteiger partial charge in [0.1, 0.15) is 5.52 Å². The molecule has 21 heavy (non-hydrogen) atoms. The number of aromatic nitrogens is 4. The Labute approximate surface area is 128 Å². The van der Waals surface area contributed by atoms with Gasteiger partial charge in [-0.15, -0.1) is 0 Å². The van der Waals surface area contributed by atoms with Crippen molar-refractivity contribution in [3.63, 3.8) is 0 Å². The summed E-state index contributed by atoms with van der Waals surface area (Å²) in [7, 11) is 1.59. The molecule has 3 aromatic rings. The van der Waals surface area contributed by atoms with Crippen molar-refractivity contribution in [2.75, 3.05) is 0 Å². The molecule has 0 saturated carbocycles. The number of rotatable bonds is 3. The third-order valence-corrected chi connectivity index (χ3v) is 4.07. The number of benzene rings is 1. The van der Waals surface area contributed by atoms with E-state index in [-0.39, 0.29) is 12.1 Å². The highest BCUT2D eigenvalue weighted by Gasteiger charge is 2.15. The first-order valence-corrected chi connectivity index (χ1v) is 7.17. The minimum absolute atomic E-state index is 0.200. The van der Waals surface area contributed by atoms with Crippen LogP contribution in [0.1, 0.15) is 11.7 Å². The second kappa shape index (κ2) is 5.42. The average molecular weight is 349 g/mol. The molecule has 6 nitrogen and oxygen atoms in total. The van der Waals surface area contributed by atoms with Gasteiger partial charge < -0.3 is 5.11 Å². The normalized spacial score (nSPS) is 12.7. The maximum Gasteiger partial charge on any atom is 0.292 e. The van der Waals surface area contributed by atoms with Crippen molar-refractivity contribution in [3.8, 4) is 0 Å². The molecule has 0 fully saturated rings. The molecule has 1 atom stereocenters. The molecule has 7 heteroatoms. The van der Waals surface area contributed by atoms with Crippen LogP contribution in [-0.2, 0) is 13.6 Å². The second-order valence-corrected chi connectivity index (χ2v) is 5.60. The summed E-state index contributed by atoms with van der Waals surface area (Å²) in [6.45, 7) is 0.200. The first-order valence-electron chi connectivity index (χ1n) is 6.38. The summed E-state index contributed by atoms with van der Waals surface area (Å²) < 4.78 is 3.60. The van der Waals surface area contributed by atoms with Gasteiger partial charge in [0.05, 0.1) is 25.0 Å². The van der Waals surface area contributed by atoms with Crippen molar-refractivity contribution < 1.29 is 5.11 Å². The lowest BCUT2D eigenvalue weighted by Crippen LogP contribution is -2.22. The maximum absolute atomic E-state index is 12.1. The van der Waals surface area contributed by atoms with Crippen molar-refractivity contribution in [1.82, 2.24) is 19.6 Å². The van der Waals surface area contributed by atoms with Crippen LogP contribution in [0.2, 0.25) is 0 Å². The molecule has 2 aromatic heterocycles. The van der Waals surface area contributed by atoms with Crippen LogP contribution in [0.5, 0.6) is 0 Å². The Balaban J connectivity index is 2.01. The third kappa shape index (κ3) is 2.50. The van der Waals surface area contributed by atoms with Crippen LogP contribution in [-0.4, -0.2) is 24.7 Å². The minimum Gasteiger partial charge on any atom is -0.386 e. The van der Waals surface area contributed by atoms with E-state index in [0.29, 0.717) is 10.9 Å². The largest absolute Gasteiger partial charge is 0.386 e. The van der Waals surface area contributed by atoms with Crippen LogP contribution in [0, 0.1) is 0 Å². The summed E-state index contributed by atoms with van der Waals surface area (Å²) >= 11 is 3.41. The number of aliphatic hydroxyl groups is 1. The Bertz CT molecular complexity index is 856. The number of fused-ring (bicyclic) bond motifs is 1. The van der Waals surface area contributed by atoms with Crippen molar-refractivity contribution in [1.29, 1.82) is 0 Å². The smallest absolute Gasteiger partial charge is 0.292 e. The quantitative estimate of drug-likeness (QED) is 0.780. The first-order chi connectivity index (χ1) is 10.1. The molecule has 2 heterocycles. The Hall–Kier alpha value is -1.99. The Kier molecular flexibility index (Phi) is 3.60. The van der Waals surface area contributed by atoms with Gasteiger partial charge >= 0.3 is 0 Å². The van der Waals surface area contributed by atoms with E-state index in [1.165, 1.54) is 9.36 Å². The van der Waals surface area contributed by atoms with E-state index in [2.05, 4.69) is 26.1 Å². The molecule has 0 spiro atoms. The molecule has 1 N–H and O–H groups in total. The SMILES string of the molecule is Cn1ncc2cnn(C[C@H](O)c3ccccc3Br)c2c1=O. The van der Waals surface area contributed by atoms with Gasteiger partial charge in [0, 0.05) is 16.9 Å². The van der Waals surface area contributed by atoms with E-state index < -0.39 is 6.10 Å². The van der Waals surface area contributed by atoms with E-state index in [0.717, 1.165) is 10.0 Å². The van der Waals surface area contributed by atoms with Crippen molar-refractivity contribution in [2.24, 2.45) is 7.05 Å². The fraction of sp³-hybridized carbons (Fsp3) is 0.214. The maximum atomic E-state index is 12.1. The Morgan fingerprint density at radius 1 is 1.29 bits per heavy atom. The van der Waals surface area contributed by atoms with Gasteiger partial charge in [-0.2, -0.15) is 10.2 Å². The van der Waals surface area contributed by atoms with Gasteiger partial charge in [-0.25, -0.2) is 4.68 Å². The van der Waals surface area contributed by atoms with E-state index >= 15 is 0 Å². The Morgan fingerprint density at radius 2 is 2.00 bits per heavy atom. The topological polar surface area (TPSA) is 72.9 Å². The van der Waals surface area contributed by atoms with Gasteiger partial charge in [0.15, 0.2) is 0 Å². The highest BCUT2D eigenvalue weighted by atomic mass is 79.9. The number of nitrogens with zero attached hydrogens (tertiary/aromatic N) is 4. The minimum atomic E-state index is -0.762. The van der Waals surface area contributed by atoms with E-state index in [9.17, 15) is 9.90 Å². The molecular weight excluding hydrogens is 336 g/mol. The lowest BCUT2D eigenvalue weighted by atomic mass is 10.1. The summed E-state index contributed by atoms with van der Waals surface area (Å²) in [6.07, 6.45) is 2.41. The number of hydrogen-bond donors (Lipinski definition) is 1. The first kappa shape index (κ1) is 14.0. The number of aliphatic hydroxyl groups excluding tert-OH is 1. The van der Waals surface area contributed by atoms with Gasteiger partial charge in [-0.3, -0.25) is 9.48 Å². The van der Waals surface area contributed by atoms with Crippen LogP contribution >= 0.6 is 15.9 Å². The van der Waals surface area contributed by atoms with Crippen LogP contribution in [0.3, 0.4) is 0 Å². The highest BCUT2D eigenvalue weighted by molar-refractivity contribution is 9.10. The molecule has 0 aliphatic carbocycles. The summed E-state index contributed by atoms with van der Waals surface area (Å²) in [5.74, 6) is 0. The van der Waals surface area contributed by atoms with Gasteiger partial charge in [-0.1, -0.05) is 34.1 Å². The standard InChI is InChI=1S/C14H13BrN4O2/c1-18-14(21)13-9(6-16-18)7-17-19(13)8-12(20)10-4-2-3-5-11(10)15/h2-7,12,20H,8H2,1H3/t12-/m0/s1. The fourth-order valence-corrected chi connectivity index (χ4v) is 2.78. The second-order valence-electron chi connectivity index (χ2n) is 4.74. The number of aryl methyl sites for hydroxylation is 1. The fourth-order valence-electron chi connectivity index (χ4n) is 2.23. The van der Waals surface area contributed by atoms with Gasteiger partial charge in [0.2, 0.25) is 0 Å². The van der Waals surface area contributed by atoms with E-state index in [1.54, 1.807) is 19.4 Å². The van der Waals surface area contributed by atoms with Gasteiger partial charge in [-0.05, 0) is 11.6 Å². The van der Waals surface area contributed by atoms with E-state index in [1.807, 2.05) is 24.3 Å². The average Bonchev–Trinajstić information content (AvgIpc) is 2.87. The van der Waals surface area contributed by atoms with Crippen LogP contribution in [0.4, 0.5) is 0 Å². The van der Waals surface area contributed by atoms with Crippen molar-refractivity contribution in [2.45, 2.75) is 12.6 Å². The molecule has 0 saturated heterocycles. The third-order valence-electron chi connectivity index (χ3n) is 3.34. The summed E-state index contributed by atoms with van der Waals surface area (Å²) in [6, 6.07) is 7.43. The van der Waals surface area contributed by atoms with Crippen molar-refractivity contribution >= 4 is 26.8 Å². The van der Waals surface area contributed by atoms with Crippen LogP contribution < -0.4 is 5.56 Å². The number of halogens is 1. The van der Waals surface area contributed by atoms with Crippen LogP contribution in [0.15, 0.2) is 45.9 Å². The molecular formula is C14H13BrN4O2. The van der Waals surface area contributed by atoms with Crippen LogP contribution in [0.25, 0.3) is 10.9 Å². The lowest BCUT2D eigenvalue weighted by Gasteiger charge is -2.13. The van der Waals surface area contributed by atoms with Gasteiger partial charge in [0.25, 0.3) is 5.56 Å². The zero-order valence-corrected chi connectivity index (χ0v) is 12.9. The molecule has 0 aliphatic rings. The molecule has 0 unspecified atom stereocenters. The molecule has 0 bridgehead atoms. The molecule has 108 valence electrons. The molecule has 3 rings (SSSR count). The van der Waals surface area contributed by atoms with Crippen molar-refractivity contribution in [3.05, 3.63) is 57.0 Å². The highest BCUT2D eigenvalue weighted by Crippen LogP contribution is 2.24. The summed E-state index contributed by atoms with van der Waals surface area (Å²) in [5, 5.41) is 19.2. The summed E-state index contributed by atoms with van der Waals surface area (Å²) in [4.78, 5) is 12.1. The number of hydrogen-bond acceptors (Lipinski definition) is 4. The summed E-state index contributed by atoms with van der Waals surface area (Å²) in [5.41, 5.74) is 0.968. The molecule has 1 aromatic carbocycles. The molecule has 0 radical (unpaired) electrons. The zero-order valence-electron chi connectivity index (χ0n) is 11.3. The van der Waals surface area contributed by atoms with E-state index in [4.69, 9.17) is 0 Å². The predicted octanol–water partition coefficient (Wildman–Crippen LogP) is 1.63. The predicted molar refractivity (Wildman–Crippen MR) is 81.9 cm³/mol. The molecule has 0 aliphatic heterocycles. The zero-order chi connectivity index (χ0) is 15.0.